The summed E-state index contributed by atoms with van der Waals surface area (Å²) in [7, 11) is 3.08. The molecular weight excluding hydrogens is 452 g/mol. The number of nitrogens with zero attached hydrogens (tertiary/aromatic N) is 3. The van der Waals surface area contributed by atoms with Gasteiger partial charge in [-0.3, -0.25) is 19.4 Å². The SMILES string of the molecule is CN1N=C(c2ccc(C(=O)O)cc2)/C(=C\C=C\c2c(-c3ccc(C(=O)O)cc3)[nH]n(C)c2=O)C1=O. The van der Waals surface area contributed by atoms with Crippen molar-refractivity contribution in [3.8, 4) is 11.3 Å². The molecule has 0 saturated heterocycles. The number of carbonyl (C=O) groups is 3. The molecule has 176 valence electrons. The third kappa shape index (κ3) is 4.44. The second-order valence-corrected chi connectivity index (χ2v) is 7.75. The lowest BCUT2D eigenvalue weighted by Gasteiger charge is -2.02. The number of amides is 1. The van der Waals surface area contributed by atoms with E-state index in [1.807, 2.05) is 0 Å². The fourth-order valence-electron chi connectivity index (χ4n) is 3.62. The first kappa shape index (κ1) is 23.2. The molecule has 1 amide bonds. The van der Waals surface area contributed by atoms with Crippen LogP contribution < -0.4 is 5.56 Å². The van der Waals surface area contributed by atoms with Crippen LogP contribution in [0.15, 0.2) is 76.2 Å². The van der Waals surface area contributed by atoms with Crippen molar-refractivity contribution in [3.63, 3.8) is 0 Å². The number of likely N-dealkylation sites (N-methyl/N-ethyl adjacent to an activating group) is 1. The molecule has 2 heterocycles. The van der Waals surface area contributed by atoms with Gasteiger partial charge in [-0.2, -0.15) is 5.10 Å². The van der Waals surface area contributed by atoms with E-state index >= 15 is 0 Å². The number of allylic oxidation sites excluding steroid dienone is 2. The van der Waals surface area contributed by atoms with E-state index in [1.54, 1.807) is 49.5 Å². The minimum atomic E-state index is -1.06. The molecule has 1 aliphatic heterocycles. The highest BCUT2D eigenvalue weighted by Crippen LogP contribution is 2.23. The van der Waals surface area contributed by atoms with Crippen LogP contribution in [-0.4, -0.2) is 55.6 Å². The van der Waals surface area contributed by atoms with Gasteiger partial charge in [0.05, 0.1) is 28.0 Å². The van der Waals surface area contributed by atoms with E-state index in [1.165, 1.54) is 41.0 Å². The third-order valence-corrected chi connectivity index (χ3v) is 5.46. The molecule has 1 aromatic heterocycles. The highest BCUT2D eigenvalue weighted by Gasteiger charge is 2.28. The van der Waals surface area contributed by atoms with E-state index in [9.17, 15) is 19.2 Å². The number of rotatable bonds is 6. The molecule has 35 heavy (non-hydrogen) atoms. The largest absolute Gasteiger partial charge is 0.478 e. The number of benzene rings is 2. The minimum absolute atomic E-state index is 0.115. The number of aromatic nitrogens is 2. The smallest absolute Gasteiger partial charge is 0.335 e. The molecular formula is C25H20N4O6. The van der Waals surface area contributed by atoms with Crippen molar-refractivity contribution in [2.24, 2.45) is 12.1 Å². The van der Waals surface area contributed by atoms with Crippen LogP contribution in [0.1, 0.15) is 31.8 Å². The summed E-state index contributed by atoms with van der Waals surface area (Å²) in [6.45, 7) is 0. The first-order valence-corrected chi connectivity index (χ1v) is 10.4. The van der Waals surface area contributed by atoms with Crippen LogP contribution in [-0.2, 0) is 11.8 Å². The number of aryl methyl sites for hydroxylation is 1. The van der Waals surface area contributed by atoms with E-state index in [0.29, 0.717) is 28.1 Å². The summed E-state index contributed by atoms with van der Waals surface area (Å²) in [5, 5.41) is 26.6. The van der Waals surface area contributed by atoms with Crippen molar-refractivity contribution < 1.29 is 24.6 Å². The Hall–Kier alpha value is -4.99. The average molecular weight is 472 g/mol. The number of hydrogen-bond donors (Lipinski definition) is 3. The van der Waals surface area contributed by atoms with Crippen LogP contribution in [0, 0.1) is 0 Å². The molecule has 4 rings (SSSR count). The van der Waals surface area contributed by atoms with Crippen molar-refractivity contribution in [1.29, 1.82) is 0 Å². The number of H-pyrrole nitrogens is 1. The van der Waals surface area contributed by atoms with Gasteiger partial charge in [0.2, 0.25) is 0 Å². The first-order chi connectivity index (χ1) is 16.7. The summed E-state index contributed by atoms with van der Waals surface area (Å²) >= 11 is 0. The van der Waals surface area contributed by atoms with Crippen molar-refractivity contribution >= 4 is 29.6 Å². The van der Waals surface area contributed by atoms with Gasteiger partial charge in [0.1, 0.15) is 5.71 Å². The van der Waals surface area contributed by atoms with Gasteiger partial charge in [0, 0.05) is 25.2 Å². The van der Waals surface area contributed by atoms with Crippen LogP contribution in [0.3, 0.4) is 0 Å². The Morgan fingerprint density at radius 3 is 1.97 bits per heavy atom. The number of nitrogens with one attached hydrogen (secondary N) is 1. The van der Waals surface area contributed by atoms with E-state index in [0.717, 1.165) is 0 Å². The number of hydrazone groups is 1. The number of hydrogen-bond acceptors (Lipinski definition) is 5. The molecule has 0 unspecified atom stereocenters. The molecule has 2 aromatic carbocycles. The maximum Gasteiger partial charge on any atom is 0.335 e. The highest BCUT2D eigenvalue weighted by molar-refractivity contribution is 6.31. The fourth-order valence-corrected chi connectivity index (χ4v) is 3.62. The van der Waals surface area contributed by atoms with E-state index < -0.39 is 11.9 Å². The Morgan fingerprint density at radius 2 is 1.43 bits per heavy atom. The van der Waals surface area contributed by atoms with Crippen molar-refractivity contribution in [2.45, 2.75) is 0 Å². The molecule has 0 bridgehead atoms. The summed E-state index contributed by atoms with van der Waals surface area (Å²) < 4.78 is 1.30. The van der Waals surface area contributed by atoms with Gasteiger partial charge in [-0.05, 0) is 36.4 Å². The number of aromatic amines is 1. The zero-order chi connectivity index (χ0) is 25.3. The molecule has 3 aromatic rings. The van der Waals surface area contributed by atoms with E-state index in [2.05, 4.69) is 10.2 Å². The number of aromatic carboxylic acids is 2. The van der Waals surface area contributed by atoms with Crippen molar-refractivity contribution in [1.82, 2.24) is 14.8 Å². The molecule has 0 radical (unpaired) electrons. The maximum atomic E-state index is 12.7. The van der Waals surface area contributed by atoms with E-state index in [-0.39, 0.29) is 28.2 Å². The van der Waals surface area contributed by atoms with Gasteiger partial charge in [-0.1, -0.05) is 30.3 Å². The topological polar surface area (TPSA) is 145 Å². The van der Waals surface area contributed by atoms with Crippen LogP contribution >= 0.6 is 0 Å². The Balaban J connectivity index is 1.68. The lowest BCUT2D eigenvalue weighted by molar-refractivity contribution is -0.124. The predicted molar refractivity (Wildman–Crippen MR) is 128 cm³/mol. The summed E-state index contributed by atoms with van der Waals surface area (Å²) in [5.74, 6) is -2.46. The lowest BCUT2D eigenvalue weighted by Crippen LogP contribution is -2.17. The van der Waals surface area contributed by atoms with Crippen LogP contribution in [0.25, 0.3) is 17.3 Å². The Kier molecular flexibility index (Phi) is 6.03. The van der Waals surface area contributed by atoms with Crippen LogP contribution in [0.5, 0.6) is 0 Å². The summed E-state index contributed by atoms with van der Waals surface area (Å²) in [6.07, 6.45) is 4.66. The number of carboxylic acids is 2. The molecule has 0 aliphatic carbocycles. The summed E-state index contributed by atoms with van der Waals surface area (Å²) in [5.41, 5.74) is 2.63. The van der Waals surface area contributed by atoms with Gasteiger partial charge in [0.15, 0.2) is 0 Å². The van der Waals surface area contributed by atoms with Gasteiger partial charge in [-0.25, -0.2) is 14.6 Å². The average Bonchev–Trinajstić information content (AvgIpc) is 3.29. The van der Waals surface area contributed by atoms with Gasteiger partial charge >= 0.3 is 11.9 Å². The van der Waals surface area contributed by atoms with Crippen LogP contribution in [0.4, 0.5) is 0 Å². The standard InChI is InChI=1S/C25H20N4O6/c1-28-22(30)18(20(26-28)14-6-10-16(11-7-14)24(32)33)4-3-5-19-21(27-29(2)23(19)31)15-8-12-17(13-9-15)25(34)35/h3-13,26H,1-2H3,(H,32,33)(H,34,35)/b4-3+,19-5+. The Labute approximate surface area is 198 Å². The van der Waals surface area contributed by atoms with Crippen LogP contribution in [0.2, 0.25) is 0 Å². The molecule has 1 aliphatic rings. The third-order valence-electron chi connectivity index (χ3n) is 5.46. The molecule has 0 atom stereocenters. The van der Waals surface area contributed by atoms with Gasteiger partial charge in [-0.15, -0.1) is 0 Å². The Bertz CT molecular complexity index is 1490. The zero-order valence-corrected chi connectivity index (χ0v) is 18.7. The molecule has 10 nitrogen and oxygen atoms in total. The fraction of sp³-hybridized carbons (Fsp3) is 0.0800. The first-order valence-electron chi connectivity index (χ1n) is 10.4. The lowest BCUT2D eigenvalue weighted by atomic mass is 10.0. The van der Waals surface area contributed by atoms with E-state index in [4.69, 9.17) is 10.2 Å². The zero-order valence-electron chi connectivity index (χ0n) is 18.7. The molecule has 10 heteroatoms. The predicted octanol–water partition coefficient (Wildman–Crippen LogP) is 2.59. The summed E-state index contributed by atoms with van der Waals surface area (Å²) in [6, 6.07) is 12.1. The summed E-state index contributed by atoms with van der Waals surface area (Å²) in [4.78, 5) is 47.6. The minimum Gasteiger partial charge on any atom is -0.478 e. The maximum absolute atomic E-state index is 12.7. The van der Waals surface area contributed by atoms with Gasteiger partial charge in [0.25, 0.3) is 11.5 Å². The van der Waals surface area contributed by atoms with Gasteiger partial charge < -0.3 is 10.2 Å². The second-order valence-electron chi connectivity index (χ2n) is 7.75. The Morgan fingerprint density at radius 1 is 0.886 bits per heavy atom. The molecule has 3 N–H and O–H groups in total. The number of carbonyl (C=O) groups excluding carboxylic acids is 1. The molecule has 0 fully saturated rings. The quantitative estimate of drug-likeness (QED) is 0.470. The number of carboxylic acid groups (broad SMARTS) is 2. The van der Waals surface area contributed by atoms with Crippen molar-refractivity contribution in [3.05, 3.63) is 98.9 Å². The molecule has 0 saturated carbocycles. The normalized spacial score (nSPS) is 14.7. The molecule has 0 spiro atoms. The van der Waals surface area contributed by atoms with Crippen molar-refractivity contribution in [2.75, 3.05) is 7.05 Å². The highest BCUT2D eigenvalue weighted by atomic mass is 16.4. The second kappa shape index (κ2) is 9.10. The monoisotopic (exact) mass is 472 g/mol.